The van der Waals surface area contributed by atoms with Crippen LogP contribution < -0.4 is 0 Å². The van der Waals surface area contributed by atoms with Crippen molar-refractivity contribution < 1.29 is 14.3 Å². The second-order valence-corrected chi connectivity index (χ2v) is 3.37. The van der Waals surface area contributed by atoms with Gasteiger partial charge in [-0.05, 0) is 19.3 Å². The lowest BCUT2D eigenvalue weighted by Crippen LogP contribution is -2.35. The Labute approximate surface area is 77.8 Å². The van der Waals surface area contributed by atoms with Gasteiger partial charge in [0.25, 0.3) is 0 Å². The Bertz CT molecular complexity index is 215. The Kier molecular flexibility index (Phi) is 3.28. The van der Waals surface area contributed by atoms with Gasteiger partial charge in [-0.15, -0.1) is 0 Å². The fourth-order valence-electron chi connectivity index (χ4n) is 1.44. The Morgan fingerprint density at radius 3 is 2.69 bits per heavy atom. The summed E-state index contributed by atoms with van der Waals surface area (Å²) in [6.45, 7) is 5.38. The van der Waals surface area contributed by atoms with E-state index in [2.05, 4.69) is 11.7 Å². The van der Waals surface area contributed by atoms with Gasteiger partial charge >= 0.3 is 11.9 Å². The van der Waals surface area contributed by atoms with E-state index in [-0.39, 0.29) is 6.61 Å². The summed E-state index contributed by atoms with van der Waals surface area (Å²) in [6, 6.07) is 0. The highest BCUT2D eigenvalue weighted by Gasteiger charge is 2.28. The van der Waals surface area contributed by atoms with Gasteiger partial charge in [-0.1, -0.05) is 6.92 Å². The first-order valence-electron chi connectivity index (χ1n) is 4.61. The molecule has 74 valence electrons. The first-order chi connectivity index (χ1) is 6.15. The second kappa shape index (κ2) is 4.25. The maximum Gasteiger partial charge on any atom is 0.397 e. The lowest BCUT2D eigenvalue weighted by Gasteiger charge is -2.13. The molecule has 1 aliphatic rings. The topological polar surface area (TPSA) is 46.6 Å². The Morgan fingerprint density at radius 2 is 2.23 bits per heavy atom. The van der Waals surface area contributed by atoms with Gasteiger partial charge in [0.1, 0.15) is 0 Å². The van der Waals surface area contributed by atoms with Crippen molar-refractivity contribution in [2.45, 2.75) is 20.3 Å². The molecule has 0 spiro atoms. The number of amides is 1. The summed E-state index contributed by atoms with van der Waals surface area (Å²) in [7, 11) is 0. The van der Waals surface area contributed by atoms with Gasteiger partial charge in [-0.3, -0.25) is 4.79 Å². The van der Waals surface area contributed by atoms with Gasteiger partial charge in [0.05, 0.1) is 6.61 Å². The van der Waals surface area contributed by atoms with Crippen LogP contribution in [0.3, 0.4) is 0 Å². The van der Waals surface area contributed by atoms with E-state index in [1.165, 1.54) is 0 Å². The van der Waals surface area contributed by atoms with Crippen molar-refractivity contribution in [2.24, 2.45) is 5.92 Å². The van der Waals surface area contributed by atoms with Crippen molar-refractivity contribution >= 4 is 11.9 Å². The Balaban J connectivity index is 2.43. The van der Waals surface area contributed by atoms with Crippen LogP contribution in [0.2, 0.25) is 0 Å². The molecule has 13 heavy (non-hydrogen) atoms. The van der Waals surface area contributed by atoms with Crippen LogP contribution in [0.15, 0.2) is 0 Å². The van der Waals surface area contributed by atoms with Gasteiger partial charge in [0, 0.05) is 13.1 Å². The van der Waals surface area contributed by atoms with Crippen molar-refractivity contribution in [3.8, 4) is 0 Å². The number of hydrogen-bond donors (Lipinski definition) is 0. The summed E-state index contributed by atoms with van der Waals surface area (Å²) in [5.74, 6) is -0.721. The highest BCUT2D eigenvalue weighted by Crippen LogP contribution is 2.14. The summed E-state index contributed by atoms with van der Waals surface area (Å²) in [6.07, 6.45) is 0.977. The van der Waals surface area contributed by atoms with Crippen LogP contribution in [0.1, 0.15) is 20.3 Å². The lowest BCUT2D eigenvalue weighted by molar-refractivity contribution is -0.159. The smallest absolute Gasteiger partial charge is 0.397 e. The van der Waals surface area contributed by atoms with Gasteiger partial charge in [0.15, 0.2) is 0 Å². The normalized spacial score (nSPS) is 21.7. The predicted octanol–water partition coefficient (Wildman–Crippen LogP) is 0.418. The average molecular weight is 185 g/mol. The number of rotatable bonds is 1. The molecule has 1 amide bonds. The molecule has 1 unspecified atom stereocenters. The van der Waals surface area contributed by atoms with E-state index in [0.29, 0.717) is 19.0 Å². The number of esters is 1. The molecule has 1 heterocycles. The summed E-state index contributed by atoms with van der Waals surface area (Å²) in [4.78, 5) is 23.9. The van der Waals surface area contributed by atoms with E-state index < -0.39 is 11.9 Å². The van der Waals surface area contributed by atoms with Crippen molar-refractivity contribution in [3.63, 3.8) is 0 Å². The second-order valence-electron chi connectivity index (χ2n) is 3.37. The molecule has 1 fully saturated rings. The molecule has 0 N–H and O–H groups in total. The monoisotopic (exact) mass is 185 g/mol. The highest BCUT2D eigenvalue weighted by molar-refractivity contribution is 6.32. The minimum atomic E-state index is -0.725. The third kappa shape index (κ3) is 2.44. The SMILES string of the molecule is CCOC(=O)C(=O)N1CCC(C)C1. The van der Waals surface area contributed by atoms with Gasteiger partial charge in [0.2, 0.25) is 0 Å². The molecule has 0 aromatic heterocycles. The first-order valence-corrected chi connectivity index (χ1v) is 4.61. The standard InChI is InChI=1S/C9H15NO3/c1-3-13-9(12)8(11)10-5-4-7(2)6-10/h7H,3-6H2,1-2H3. The van der Waals surface area contributed by atoms with Crippen LogP contribution in [0.5, 0.6) is 0 Å². The van der Waals surface area contributed by atoms with Gasteiger partial charge in [-0.25, -0.2) is 4.79 Å². The van der Waals surface area contributed by atoms with E-state index in [0.717, 1.165) is 6.42 Å². The van der Waals surface area contributed by atoms with Gasteiger partial charge < -0.3 is 9.64 Å². The summed E-state index contributed by atoms with van der Waals surface area (Å²) in [5, 5.41) is 0. The largest absolute Gasteiger partial charge is 0.459 e. The molecule has 1 atom stereocenters. The van der Waals surface area contributed by atoms with E-state index >= 15 is 0 Å². The maximum absolute atomic E-state index is 11.3. The van der Waals surface area contributed by atoms with E-state index in [4.69, 9.17) is 0 Å². The molecule has 1 saturated heterocycles. The van der Waals surface area contributed by atoms with Gasteiger partial charge in [-0.2, -0.15) is 0 Å². The predicted molar refractivity (Wildman–Crippen MR) is 47.0 cm³/mol. The first kappa shape index (κ1) is 10.0. The minimum absolute atomic E-state index is 0.258. The van der Waals surface area contributed by atoms with E-state index in [1.54, 1.807) is 11.8 Å². The third-order valence-corrected chi connectivity index (χ3v) is 2.16. The minimum Gasteiger partial charge on any atom is -0.459 e. The van der Waals surface area contributed by atoms with Crippen LogP contribution in [-0.4, -0.2) is 36.5 Å². The molecular weight excluding hydrogens is 170 g/mol. The number of hydrogen-bond acceptors (Lipinski definition) is 3. The van der Waals surface area contributed by atoms with E-state index in [9.17, 15) is 9.59 Å². The molecule has 4 heteroatoms. The summed E-state index contributed by atoms with van der Waals surface area (Å²) in [5.41, 5.74) is 0. The van der Waals surface area contributed by atoms with Crippen molar-refractivity contribution in [2.75, 3.05) is 19.7 Å². The number of nitrogens with zero attached hydrogens (tertiary/aromatic N) is 1. The molecule has 0 aliphatic carbocycles. The highest BCUT2D eigenvalue weighted by atomic mass is 16.5. The number of carbonyl (C=O) groups is 2. The fourth-order valence-corrected chi connectivity index (χ4v) is 1.44. The molecule has 4 nitrogen and oxygen atoms in total. The molecule has 0 aromatic rings. The maximum atomic E-state index is 11.3. The van der Waals surface area contributed by atoms with Crippen LogP contribution in [0, 0.1) is 5.92 Å². The zero-order valence-corrected chi connectivity index (χ0v) is 8.08. The molecule has 0 saturated carbocycles. The van der Waals surface area contributed by atoms with Crippen LogP contribution in [0.25, 0.3) is 0 Å². The van der Waals surface area contributed by atoms with Crippen molar-refractivity contribution in [1.29, 1.82) is 0 Å². The molecule has 0 bridgehead atoms. The molecule has 1 aliphatic heterocycles. The lowest BCUT2D eigenvalue weighted by atomic mass is 10.2. The van der Waals surface area contributed by atoms with Crippen LogP contribution >= 0.6 is 0 Å². The summed E-state index contributed by atoms with van der Waals surface area (Å²) < 4.78 is 4.62. The molecule has 0 aromatic carbocycles. The third-order valence-electron chi connectivity index (χ3n) is 2.16. The van der Waals surface area contributed by atoms with Crippen molar-refractivity contribution in [1.82, 2.24) is 4.90 Å². The zero-order valence-electron chi connectivity index (χ0n) is 8.08. The number of carbonyl (C=O) groups excluding carboxylic acids is 2. The zero-order chi connectivity index (χ0) is 9.84. The quantitative estimate of drug-likeness (QED) is 0.439. The van der Waals surface area contributed by atoms with Crippen molar-refractivity contribution in [3.05, 3.63) is 0 Å². The molecular formula is C9H15NO3. The number of likely N-dealkylation sites (tertiary alicyclic amines) is 1. The molecule has 1 rings (SSSR count). The average Bonchev–Trinajstić information content (AvgIpc) is 2.51. The summed E-state index contributed by atoms with van der Waals surface area (Å²) >= 11 is 0. The number of ether oxygens (including phenoxy) is 1. The molecule has 0 radical (unpaired) electrons. The fraction of sp³-hybridized carbons (Fsp3) is 0.778. The van der Waals surface area contributed by atoms with Crippen LogP contribution in [0.4, 0.5) is 0 Å². The van der Waals surface area contributed by atoms with E-state index in [1.807, 2.05) is 0 Å². The Hall–Kier alpha value is -1.06. The van der Waals surface area contributed by atoms with Crippen LogP contribution in [-0.2, 0) is 14.3 Å². The Morgan fingerprint density at radius 1 is 1.54 bits per heavy atom.